The number of amides is 2. The number of hydrogen-bond donors (Lipinski definition) is 2. The molecule has 6 nitrogen and oxygen atoms in total. The molecule has 0 aliphatic rings. The fourth-order valence-electron chi connectivity index (χ4n) is 2.67. The minimum absolute atomic E-state index is 0.297. The second kappa shape index (κ2) is 10.1. The molecule has 0 bridgehead atoms. The number of nitrogens with one attached hydrogen (secondary N) is 2. The molecule has 0 saturated heterocycles. The van der Waals surface area contributed by atoms with Crippen LogP contribution >= 0.6 is 23.2 Å². The molecule has 0 aliphatic carbocycles. The third-order valence-corrected chi connectivity index (χ3v) is 4.73. The number of anilines is 1. The van der Waals surface area contributed by atoms with Crippen molar-refractivity contribution in [3.05, 3.63) is 82.5 Å². The number of aromatic nitrogens is 1. The smallest absolute Gasteiger partial charge is 0.313 e. The fourth-order valence-corrected chi connectivity index (χ4v) is 2.92. The average molecular weight is 444 g/mol. The molecular formula is C22H19Cl2N3O3. The summed E-state index contributed by atoms with van der Waals surface area (Å²) in [5.74, 6) is -0.599. The summed E-state index contributed by atoms with van der Waals surface area (Å²) < 4.78 is 5.59. The standard InChI is InChI=1S/C22H19Cl2N3O3/c1-2-19(14-3-5-15(23)6-4-14)27-22(29)21(28)26-17-9-12-20(25-13-17)30-18-10-7-16(24)8-11-18/h3-13,19H,2H2,1H3,(H,26,28)(H,27,29)/t19-/m0/s1. The van der Waals surface area contributed by atoms with E-state index in [0.29, 0.717) is 33.8 Å². The summed E-state index contributed by atoms with van der Waals surface area (Å²) >= 11 is 11.7. The van der Waals surface area contributed by atoms with Crippen LogP contribution in [0.4, 0.5) is 5.69 Å². The predicted molar refractivity (Wildman–Crippen MR) is 117 cm³/mol. The molecule has 1 aromatic heterocycles. The number of halogens is 2. The predicted octanol–water partition coefficient (Wildman–Crippen LogP) is 5.39. The quantitative estimate of drug-likeness (QED) is 0.500. The Kier molecular flexibility index (Phi) is 7.27. The first-order chi connectivity index (χ1) is 14.4. The molecule has 30 heavy (non-hydrogen) atoms. The lowest BCUT2D eigenvalue weighted by molar-refractivity contribution is -0.136. The van der Waals surface area contributed by atoms with Crippen molar-refractivity contribution in [2.75, 3.05) is 5.32 Å². The zero-order chi connectivity index (χ0) is 21.5. The minimum atomic E-state index is -0.782. The molecule has 0 fully saturated rings. The highest BCUT2D eigenvalue weighted by atomic mass is 35.5. The maximum absolute atomic E-state index is 12.3. The van der Waals surface area contributed by atoms with Crippen LogP contribution in [0.5, 0.6) is 11.6 Å². The number of ether oxygens (including phenoxy) is 1. The molecule has 3 rings (SSSR count). The third-order valence-electron chi connectivity index (χ3n) is 4.22. The van der Waals surface area contributed by atoms with E-state index in [1.165, 1.54) is 6.20 Å². The maximum atomic E-state index is 12.3. The van der Waals surface area contributed by atoms with Crippen molar-refractivity contribution >= 4 is 40.7 Å². The Bertz CT molecular complexity index is 1010. The Morgan fingerprint density at radius 1 is 0.933 bits per heavy atom. The molecule has 1 atom stereocenters. The molecule has 154 valence electrons. The zero-order valence-electron chi connectivity index (χ0n) is 16.1. The second-order valence-electron chi connectivity index (χ2n) is 6.38. The first-order valence-corrected chi connectivity index (χ1v) is 9.97. The normalized spacial score (nSPS) is 11.4. The number of nitrogens with zero attached hydrogens (tertiary/aromatic N) is 1. The SMILES string of the molecule is CC[C@H](NC(=O)C(=O)Nc1ccc(Oc2ccc(Cl)cc2)nc1)c1ccc(Cl)cc1. The van der Waals surface area contributed by atoms with Crippen LogP contribution < -0.4 is 15.4 Å². The Morgan fingerprint density at radius 3 is 2.13 bits per heavy atom. The number of hydrogen-bond acceptors (Lipinski definition) is 4. The Balaban J connectivity index is 1.57. The van der Waals surface area contributed by atoms with Crippen molar-refractivity contribution in [3.63, 3.8) is 0 Å². The van der Waals surface area contributed by atoms with Crippen molar-refractivity contribution < 1.29 is 14.3 Å². The zero-order valence-corrected chi connectivity index (χ0v) is 17.6. The molecular weight excluding hydrogens is 425 g/mol. The number of benzene rings is 2. The average Bonchev–Trinajstić information content (AvgIpc) is 2.75. The number of carbonyl (C=O) groups is 2. The second-order valence-corrected chi connectivity index (χ2v) is 7.25. The lowest BCUT2D eigenvalue weighted by atomic mass is 10.0. The number of carbonyl (C=O) groups excluding carboxylic acids is 2. The van der Waals surface area contributed by atoms with Gasteiger partial charge in [0.1, 0.15) is 5.75 Å². The van der Waals surface area contributed by atoms with Gasteiger partial charge in [0.25, 0.3) is 0 Å². The minimum Gasteiger partial charge on any atom is -0.439 e. The summed E-state index contributed by atoms with van der Waals surface area (Å²) in [6, 6.07) is 16.9. The van der Waals surface area contributed by atoms with Gasteiger partial charge in [0, 0.05) is 16.1 Å². The van der Waals surface area contributed by atoms with Crippen LogP contribution in [0.3, 0.4) is 0 Å². The lowest BCUT2D eigenvalue weighted by Gasteiger charge is -2.17. The molecule has 1 heterocycles. The third kappa shape index (κ3) is 5.95. The largest absolute Gasteiger partial charge is 0.439 e. The van der Waals surface area contributed by atoms with Gasteiger partial charge in [-0.2, -0.15) is 0 Å². The Labute approximate surface area is 184 Å². The van der Waals surface area contributed by atoms with E-state index in [9.17, 15) is 9.59 Å². The van der Waals surface area contributed by atoms with Crippen molar-refractivity contribution in [3.8, 4) is 11.6 Å². The Hall–Kier alpha value is -3.09. The van der Waals surface area contributed by atoms with Gasteiger partial charge in [-0.05, 0) is 54.4 Å². The van der Waals surface area contributed by atoms with E-state index < -0.39 is 11.8 Å². The highest BCUT2D eigenvalue weighted by Gasteiger charge is 2.19. The van der Waals surface area contributed by atoms with E-state index in [4.69, 9.17) is 27.9 Å². The van der Waals surface area contributed by atoms with Crippen molar-refractivity contribution in [1.29, 1.82) is 0 Å². The molecule has 0 aliphatic heterocycles. The summed E-state index contributed by atoms with van der Waals surface area (Å²) in [6.45, 7) is 1.92. The van der Waals surface area contributed by atoms with Gasteiger partial charge in [-0.25, -0.2) is 4.98 Å². The van der Waals surface area contributed by atoms with E-state index in [-0.39, 0.29) is 6.04 Å². The molecule has 3 aromatic rings. The van der Waals surface area contributed by atoms with E-state index in [1.54, 1.807) is 48.5 Å². The molecule has 0 spiro atoms. The van der Waals surface area contributed by atoms with Crippen LogP contribution in [-0.2, 0) is 9.59 Å². The highest BCUT2D eigenvalue weighted by molar-refractivity contribution is 6.39. The maximum Gasteiger partial charge on any atom is 0.313 e. The van der Waals surface area contributed by atoms with Crippen LogP contribution in [0, 0.1) is 0 Å². The van der Waals surface area contributed by atoms with Gasteiger partial charge in [-0.1, -0.05) is 42.3 Å². The molecule has 8 heteroatoms. The molecule has 2 N–H and O–H groups in total. The van der Waals surface area contributed by atoms with Gasteiger partial charge in [-0.15, -0.1) is 0 Å². The molecule has 0 saturated carbocycles. The summed E-state index contributed by atoms with van der Waals surface area (Å²) in [5, 5.41) is 6.45. The fraction of sp³-hybridized carbons (Fsp3) is 0.136. The van der Waals surface area contributed by atoms with E-state index in [0.717, 1.165) is 5.56 Å². The van der Waals surface area contributed by atoms with Crippen molar-refractivity contribution in [1.82, 2.24) is 10.3 Å². The van der Waals surface area contributed by atoms with E-state index in [2.05, 4.69) is 15.6 Å². The monoisotopic (exact) mass is 443 g/mol. The highest BCUT2D eigenvalue weighted by Crippen LogP contribution is 2.22. The molecule has 0 radical (unpaired) electrons. The van der Waals surface area contributed by atoms with Crippen LogP contribution in [-0.4, -0.2) is 16.8 Å². The summed E-state index contributed by atoms with van der Waals surface area (Å²) in [5.41, 5.74) is 1.24. The van der Waals surface area contributed by atoms with E-state index in [1.807, 2.05) is 19.1 Å². The van der Waals surface area contributed by atoms with Gasteiger partial charge < -0.3 is 15.4 Å². The van der Waals surface area contributed by atoms with Gasteiger partial charge in [0.05, 0.1) is 17.9 Å². The molecule has 2 amide bonds. The van der Waals surface area contributed by atoms with Crippen LogP contribution in [0.2, 0.25) is 10.0 Å². The first-order valence-electron chi connectivity index (χ1n) is 9.21. The van der Waals surface area contributed by atoms with Crippen LogP contribution in [0.1, 0.15) is 24.9 Å². The Morgan fingerprint density at radius 2 is 1.57 bits per heavy atom. The van der Waals surface area contributed by atoms with Gasteiger partial charge in [0.15, 0.2) is 0 Å². The van der Waals surface area contributed by atoms with Crippen molar-refractivity contribution in [2.24, 2.45) is 0 Å². The molecule has 0 unspecified atom stereocenters. The van der Waals surface area contributed by atoms with Crippen molar-refractivity contribution in [2.45, 2.75) is 19.4 Å². The number of rotatable bonds is 6. The van der Waals surface area contributed by atoms with E-state index >= 15 is 0 Å². The number of pyridine rings is 1. The summed E-state index contributed by atoms with van der Waals surface area (Å²) in [4.78, 5) is 28.7. The summed E-state index contributed by atoms with van der Waals surface area (Å²) in [7, 11) is 0. The topological polar surface area (TPSA) is 80.3 Å². The molecule has 2 aromatic carbocycles. The first kappa shape index (κ1) is 21.6. The van der Waals surface area contributed by atoms with Crippen LogP contribution in [0.15, 0.2) is 66.9 Å². The van der Waals surface area contributed by atoms with Crippen LogP contribution in [0.25, 0.3) is 0 Å². The van der Waals surface area contributed by atoms with Gasteiger partial charge in [0.2, 0.25) is 5.88 Å². The van der Waals surface area contributed by atoms with Gasteiger partial charge in [-0.3, -0.25) is 9.59 Å². The summed E-state index contributed by atoms with van der Waals surface area (Å²) in [6.07, 6.45) is 2.03. The lowest BCUT2D eigenvalue weighted by Crippen LogP contribution is -2.37. The van der Waals surface area contributed by atoms with Gasteiger partial charge >= 0.3 is 11.8 Å².